The van der Waals surface area contributed by atoms with Gasteiger partial charge in [-0.1, -0.05) is 6.42 Å². The van der Waals surface area contributed by atoms with Crippen molar-refractivity contribution in [2.24, 2.45) is 0 Å². The third-order valence-corrected chi connectivity index (χ3v) is 4.98. The highest BCUT2D eigenvalue weighted by Gasteiger charge is 2.41. The number of nitriles is 1. The summed E-state index contributed by atoms with van der Waals surface area (Å²) in [4.78, 5) is 12.5. The number of carbonyl (C=O) groups is 1. The number of methoxy groups -OCH3 is 2. The summed E-state index contributed by atoms with van der Waals surface area (Å²) < 4.78 is 58.0. The molecule has 2 heterocycles. The number of Topliss-reactive ketones (excluding diaryl/α,β-unsaturated/α-hetero) is 1. The number of hydrogen-bond donors (Lipinski definition) is 0. The van der Waals surface area contributed by atoms with E-state index in [-0.39, 0.29) is 17.1 Å². The summed E-state index contributed by atoms with van der Waals surface area (Å²) in [6.07, 6.45) is -1.98. The number of rotatable bonds is 7. The van der Waals surface area contributed by atoms with Crippen LogP contribution in [0.3, 0.4) is 0 Å². The van der Waals surface area contributed by atoms with Crippen LogP contribution in [0.5, 0.6) is 11.5 Å². The second-order valence-electron chi connectivity index (χ2n) is 7.00. The molecule has 0 fully saturated rings. The number of ether oxygens (including phenoxy) is 3. The number of alkyl halides is 3. The largest absolute Gasteiger partial charge is 0.493 e. The quantitative estimate of drug-likeness (QED) is 0.360. The van der Waals surface area contributed by atoms with Crippen molar-refractivity contribution >= 4 is 11.4 Å². The van der Waals surface area contributed by atoms with Crippen LogP contribution in [0.4, 0.5) is 13.2 Å². The molecule has 0 atom stereocenters. The smallest absolute Gasteiger partial charge is 0.450 e. The molecule has 0 unspecified atom stereocenters. The van der Waals surface area contributed by atoms with Crippen molar-refractivity contribution in [3.63, 3.8) is 0 Å². The van der Waals surface area contributed by atoms with Gasteiger partial charge >= 0.3 is 6.18 Å². The highest BCUT2D eigenvalue weighted by molar-refractivity contribution is 5.97. The Kier molecular flexibility index (Phi) is 7.02. The molecular weight excluding hydrogens is 429 g/mol. The van der Waals surface area contributed by atoms with Crippen LogP contribution in [-0.2, 0) is 17.7 Å². The summed E-state index contributed by atoms with van der Waals surface area (Å²) in [5.74, 6) is -1.39. The first-order valence-corrected chi connectivity index (χ1v) is 9.82. The van der Waals surface area contributed by atoms with Gasteiger partial charge in [0.25, 0.3) is 0 Å². The lowest BCUT2D eigenvalue weighted by atomic mass is 10.1. The number of hydrogen-bond acceptors (Lipinski definition) is 7. The van der Waals surface area contributed by atoms with Crippen LogP contribution in [0, 0.1) is 11.3 Å². The predicted molar refractivity (Wildman–Crippen MR) is 106 cm³/mol. The van der Waals surface area contributed by atoms with Crippen molar-refractivity contribution in [2.75, 3.05) is 20.8 Å². The maximum atomic E-state index is 13.8. The van der Waals surface area contributed by atoms with E-state index in [1.54, 1.807) is 6.07 Å². The average Bonchev–Trinajstić information content (AvgIpc) is 3.02. The molecule has 2 aromatic rings. The van der Waals surface area contributed by atoms with Crippen molar-refractivity contribution in [2.45, 2.75) is 38.4 Å². The molecule has 1 aromatic carbocycles. The number of halogens is 3. The van der Waals surface area contributed by atoms with E-state index in [2.05, 4.69) is 10.2 Å². The van der Waals surface area contributed by atoms with Gasteiger partial charge in [-0.2, -0.15) is 18.4 Å². The number of allylic oxidation sites excluding steroid dienone is 2. The summed E-state index contributed by atoms with van der Waals surface area (Å²) >= 11 is 0. The fourth-order valence-corrected chi connectivity index (χ4v) is 3.40. The van der Waals surface area contributed by atoms with Gasteiger partial charge in [0.2, 0.25) is 5.76 Å². The molecule has 1 aromatic heterocycles. The van der Waals surface area contributed by atoms with Crippen molar-refractivity contribution in [1.29, 1.82) is 5.26 Å². The molecule has 3 rings (SSSR count). The third-order valence-electron chi connectivity index (χ3n) is 4.98. The standard InChI is InChI=1S/C21H21F3N4O4/c1-30-16-8-7-13(10-17(16)31-2)15(29)12-32-19(21(22,23)24)14(11-25)20-27-26-18-6-4-3-5-9-28(18)20/h7-8,10H,3-6,9,12H2,1-2H3. The molecule has 32 heavy (non-hydrogen) atoms. The van der Waals surface area contributed by atoms with E-state index in [0.717, 1.165) is 19.3 Å². The number of fused-ring (bicyclic) bond motifs is 1. The Morgan fingerprint density at radius 3 is 2.56 bits per heavy atom. The Labute approximate surface area is 182 Å². The summed E-state index contributed by atoms with van der Waals surface area (Å²) in [5.41, 5.74) is -0.739. The second kappa shape index (κ2) is 9.72. The Hall–Kier alpha value is -3.55. The number of aryl methyl sites for hydroxylation is 1. The molecule has 1 aliphatic heterocycles. The SMILES string of the molecule is COc1ccc(C(=O)COC(=C(C#N)c2nnc3n2CCCCC3)C(F)(F)F)cc1OC. The van der Waals surface area contributed by atoms with Gasteiger partial charge in [-0.25, -0.2) is 0 Å². The van der Waals surface area contributed by atoms with Gasteiger partial charge in [0.15, 0.2) is 29.7 Å². The summed E-state index contributed by atoms with van der Waals surface area (Å²) in [6.45, 7) is -0.533. The molecular formula is C21H21F3N4O4. The molecule has 0 saturated heterocycles. The predicted octanol–water partition coefficient (Wildman–Crippen LogP) is 3.72. The van der Waals surface area contributed by atoms with Crippen LogP contribution in [0.25, 0.3) is 5.57 Å². The van der Waals surface area contributed by atoms with Crippen molar-refractivity contribution in [1.82, 2.24) is 14.8 Å². The van der Waals surface area contributed by atoms with Crippen LogP contribution >= 0.6 is 0 Å². The fraction of sp³-hybridized carbons (Fsp3) is 0.429. The molecule has 11 heteroatoms. The zero-order chi connectivity index (χ0) is 23.3. The molecule has 1 aliphatic rings. The molecule has 8 nitrogen and oxygen atoms in total. The number of aromatic nitrogens is 3. The van der Waals surface area contributed by atoms with E-state index in [1.807, 2.05) is 0 Å². The van der Waals surface area contributed by atoms with E-state index in [1.165, 1.54) is 37.0 Å². The normalized spacial score (nSPS) is 14.5. The number of carbonyl (C=O) groups excluding carboxylic acids is 1. The Morgan fingerprint density at radius 1 is 1.16 bits per heavy atom. The zero-order valence-electron chi connectivity index (χ0n) is 17.5. The maximum Gasteiger partial charge on any atom is 0.450 e. The summed E-state index contributed by atoms with van der Waals surface area (Å²) in [5, 5.41) is 17.3. The highest BCUT2D eigenvalue weighted by atomic mass is 19.4. The van der Waals surface area contributed by atoms with Gasteiger partial charge in [0.1, 0.15) is 17.5 Å². The molecule has 0 spiro atoms. The van der Waals surface area contributed by atoms with E-state index in [9.17, 15) is 23.2 Å². The Balaban J connectivity index is 1.92. The lowest BCUT2D eigenvalue weighted by Gasteiger charge is -2.16. The molecule has 0 bridgehead atoms. The minimum absolute atomic E-state index is 0.0685. The first kappa shape index (κ1) is 23.1. The Morgan fingerprint density at radius 2 is 1.91 bits per heavy atom. The van der Waals surface area contributed by atoms with Crippen molar-refractivity contribution in [3.8, 4) is 17.6 Å². The Bertz CT molecular complexity index is 1070. The fourth-order valence-electron chi connectivity index (χ4n) is 3.40. The van der Waals surface area contributed by atoms with Gasteiger partial charge in [0.05, 0.1) is 14.2 Å². The number of benzene rings is 1. The lowest BCUT2D eigenvalue weighted by Crippen LogP contribution is -2.21. The average molecular weight is 450 g/mol. The minimum atomic E-state index is -5.01. The number of ketones is 1. The highest BCUT2D eigenvalue weighted by Crippen LogP contribution is 2.34. The number of nitrogens with zero attached hydrogens (tertiary/aromatic N) is 4. The topological polar surface area (TPSA) is 99.3 Å². The summed E-state index contributed by atoms with van der Waals surface area (Å²) in [6, 6.07) is 5.72. The van der Waals surface area contributed by atoms with Crippen LogP contribution in [0.1, 0.15) is 41.3 Å². The van der Waals surface area contributed by atoms with Crippen LogP contribution < -0.4 is 9.47 Å². The van der Waals surface area contributed by atoms with Gasteiger partial charge in [-0.05, 0) is 31.0 Å². The van der Waals surface area contributed by atoms with Crippen LogP contribution in [0.2, 0.25) is 0 Å². The van der Waals surface area contributed by atoms with E-state index < -0.39 is 29.9 Å². The van der Waals surface area contributed by atoms with Gasteiger partial charge in [0, 0.05) is 18.5 Å². The molecule has 0 N–H and O–H groups in total. The maximum absolute atomic E-state index is 13.8. The first-order chi connectivity index (χ1) is 15.3. The lowest BCUT2D eigenvalue weighted by molar-refractivity contribution is -0.127. The van der Waals surface area contributed by atoms with E-state index in [0.29, 0.717) is 24.5 Å². The van der Waals surface area contributed by atoms with Crippen molar-refractivity contribution in [3.05, 3.63) is 41.2 Å². The monoisotopic (exact) mass is 450 g/mol. The molecule has 170 valence electrons. The van der Waals surface area contributed by atoms with Gasteiger partial charge in [-0.3, -0.25) is 4.79 Å². The first-order valence-electron chi connectivity index (χ1n) is 9.82. The third kappa shape index (κ3) is 4.85. The van der Waals surface area contributed by atoms with E-state index in [4.69, 9.17) is 14.2 Å². The van der Waals surface area contributed by atoms with Crippen LogP contribution in [0.15, 0.2) is 24.0 Å². The van der Waals surface area contributed by atoms with Crippen molar-refractivity contribution < 1.29 is 32.2 Å². The molecule has 0 amide bonds. The van der Waals surface area contributed by atoms with Crippen LogP contribution in [-0.4, -0.2) is 47.6 Å². The zero-order valence-corrected chi connectivity index (χ0v) is 17.5. The van der Waals surface area contributed by atoms with E-state index >= 15 is 0 Å². The van der Waals surface area contributed by atoms with Gasteiger partial charge < -0.3 is 18.8 Å². The summed E-state index contributed by atoms with van der Waals surface area (Å²) in [7, 11) is 2.78. The molecule has 0 saturated carbocycles. The second-order valence-corrected chi connectivity index (χ2v) is 7.00. The molecule has 0 aliphatic carbocycles. The molecule has 0 radical (unpaired) electrons. The van der Waals surface area contributed by atoms with Gasteiger partial charge in [-0.15, -0.1) is 10.2 Å². The minimum Gasteiger partial charge on any atom is -0.493 e.